The fourth-order valence-corrected chi connectivity index (χ4v) is 2.48. The van der Waals surface area contributed by atoms with Crippen LogP contribution in [0.1, 0.15) is 32.6 Å². The summed E-state index contributed by atoms with van der Waals surface area (Å²) in [7, 11) is 1.64. The van der Waals surface area contributed by atoms with Gasteiger partial charge in [-0.3, -0.25) is 5.43 Å². The summed E-state index contributed by atoms with van der Waals surface area (Å²) in [6, 6.07) is 7.64. The molecule has 2 rings (SSSR count). The fourth-order valence-electron chi connectivity index (χ4n) is 2.32. The first-order valence-corrected chi connectivity index (χ1v) is 7.37. The van der Waals surface area contributed by atoms with Crippen LogP contribution in [-0.2, 0) is 0 Å². The minimum absolute atomic E-state index is 0.503. The van der Waals surface area contributed by atoms with E-state index < -0.39 is 0 Å². The van der Waals surface area contributed by atoms with Crippen molar-refractivity contribution < 1.29 is 4.74 Å². The highest BCUT2D eigenvalue weighted by Gasteiger charge is 2.15. The molecule has 0 amide bonds. The van der Waals surface area contributed by atoms with Crippen molar-refractivity contribution in [1.29, 1.82) is 0 Å². The lowest BCUT2D eigenvalue weighted by atomic mass is 9.89. The molecule has 0 bridgehead atoms. The monoisotopic (exact) mass is 291 g/mol. The summed E-state index contributed by atoms with van der Waals surface area (Å²) in [5, 5.41) is 8.04. The second-order valence-electron chi connectivity index (χ2n) is 5.05. The van der Waals surface area contributed by atoms with Gasteiger partial charge in [-0.25, -0.2) is 0 Å². The van der Waals surface area contributed by atoms with Crippen LogP contribution in [0, 0.1) is 5.92 Å². The fraction of sp³-hybridized carbons (Fsp3) is 0.467. The molecule has 1 fully saturated rings. The van der Waals surface area contributed by atoms with Crippen molar-refractivity contribution in [3.8, 4) is 5.75 Å². The smallest absolute Gasteiger partial charge is 0.191 e. The molecule has 0 heterocycles. The maximum Gasteiger partial charge on any atom is 0.191 e. The Bertz CT molecular complexity index is 502. The molecule has 20 heavy (non-hydrogen) atoms. The topological polar surface area (TPSA) is 45.6 Å². The molecule has 1 aromatic carbocycles. The van der Waals surface area contributed by atoms with Crippen LogP contribution >= 0.6 is 12.2 Å². The van der Waals surface area contributed by atoms with Gasteiger partial charge in [0, 0.05) is 17.5 Å². The van der Waals surface area contributed by atoms with Gasteiger partial charge in [0.05, 0.1) is 7.11 Å². The van der Waals surface area contributed by atoms with Crippen LogP contribution in [0.4, 0.5) is 5.69 Å². The van der Waals surface area contributed by atoms with Gasteiger partial charge < -0.3 is 10.1 Å². The minimum Gasteiger partial charge on any atom is -0.497 e. The van der Waals surface area contributed by atoms with E-state index in [9.17, 15) is 0 Å². The van der Waals surface area contributed by atoms with Crippen molar-refractivity contribution in [2.75, 3.05) is 12.4 Å². The Morgan fingerprint density at radius 3 is 3.00 bits per heavy atom. The van der Waals surface area contributed by atoms with Crippen LogP contribution < -0.4 is 15.5 Å². The normalized spacial score (nSPS) is 20.5. The predicted molar refractivity (Wildman–Crippen MR) is 87.4 cm³/mol. The van der Waals surface area contributed by atoms with Crippen LogP contribution in [0.3, 0.4) is 0 Å². The minimum atomic E-state index is 0.503. The van der Waals surface area contributed by atoms with Crippen LogP contribution in [0.2, 0.25) is 0 Å². The number of benzene rings is 1. The molecule has 4 nitrogen and oxygen atoms in total. The third-order valence-electron chi connectivity index (χ3n) is 3.52. The first-order chi connectivity index (χ1) is 9.69. The number of nitrogens with zero attached hydrogens (tertiary/aromatic N) is 1. The van der Waals surface area contributed by atoms with Crippen LogP contribution in [0.5, 0.6) is 5.75 Å². The van der Waals surface area contributed by atoms with Crippen LogP contribution in [0.25, 0.3) is 0 Å². The predicted octanol–water partition coefficient (Wildman–Crippen LogP) is 3.55. The molecule has 1 aliphatic rings. The summed E-state index contributed by atoms with van der Waals surface area (Å²) < 4.78 is 5.17. The molecule has 1 aliphatic carbocycles. The van der Waals surface area contributed by atoms with Gasteiger partial charge in [0.2, 0.25) is 0 Å². The molecule has 2 N–H and O–H groups in total. The Kier molecular flexibility index (Phi) is 5.35. The number of methoxy groups -OCH3 is 1. The van der Waals surface area contributed by atoms with E-state index >= 15 is 0 Å². The molecule has 1 aromatic rings. The standard InChI is InChI=1S/C15H21N3OS/c1-11-6-3-4-9-14(11)17-18-15(20)16-12-7-5-8-13(10-12)19-2/h5,7-8,10-11H,3-4,6,9H2,1-2H3,(H2,16,18,20)/t11-/m1/s1. The van der Waals surface area contributed by atoms with Gasteiger partial charge in [-0.1, -0.05) is 19.4 Å². The third-order valence-corrected chi connectivity index (χ3v) is 3.71. The Hall–Kier alpha value is -1.62. The van der Waals surface area contributed by atoms with E-state index in [1.165, 1.54) is 25.0 Å². The number of hydrogen-bond donors (Lipinski definition) is 2. The third kappa shape index (κ3) is 4.20. The van der Waals surface area contributed by atoms with Gasteiger partial charge in [0.25, 0.3) is 0 Å². The molecule has 0 saturated heterocycles. The maximum absolute atomic E-state index is 5.25. The van der Waals surface area contributed by atoms with Crippen LogP contribution in [-0.4, -0.2) is 17.9 Å². The van der Waals surface area contributed by atoms with Crippen molar-refractivity contribution in [3.05, 3.63) is 24.3 Å². The molecule has 1 atom stereocenters. The van der Waals surface area contributed by atoms with Crippen molar-refractivity contribution in [1.82, 2.24) is 5.43 Å². The van der Waals surface area contributed by atoms with E-state index in [1.807, 2.05) is 24.3 Å². The van der Waals surface area contributed by atoms with E-state index in [4.69, 9.17) is 17.0 Å². The number of hydrogen-bond acceptors (Lipinski definition) is 3. The molecule has 5 heteroatoms. The van der Waals surface area contributed by atoms with Gasteiger partial charge in [0.15, 0.2) is 5.11 Å². The average molecular weight is 291 g/mol. The molecule has 0 aromatic heterocycles. The van der Waals surface area contributed by atoms with Gasteiger partial charge in [-0.15, -0.1) is 0 Å². The molecule has 0 aliphatic heterocycles. The van der Waals surface area contributed by atoms with E-state index in [1.54, 1.807) is 7.11 Å². The summed E-state index contributed by atoms with van der Waals surface area (Å²) in [6.07, 6.45) is 4.81. The number of hydrazone groups is 1. The van der Waals surface area contributed by atoms with Gasteiger partial charge in [-0.2, -0.15) is 5.10 Å². The zero-order valence-corrected chi connectivity index (χ0v) is 12.8. The summed E-state index contributed by atoms with van der Waals surface area (Å²) in [6.45, 7) is 2.22. The number of ether oxygens (including phenoxy) is 1. The lowest BCUT2D eigenvalue weighted by molar-refractivity contribution is 0.415. The quantitative estimate of drug-likeness (QED) is 0.660. The van der Waals surface area contributed by atoms with Crippen molar-refractivity contribution >= 4 is 28.7 Å². The Morgan fingerprint density at radius 2 is 2.25 bits per heavy atom. The molecule has 108 valence electrons. The maximum atomic E-state index is 5.25. The zero-order chi connectivity index (χ0) is 14.4. The second kappa shape index (κ2) is 7.24. The summed E-state index contributed by atoms with van der Waals surface area (Å²) in [5.74, 6) is 1.35. The molecule has 0 spiro atoms. The van der Waals surface area contributed by atoms with E-state index in [0.29, 0.717) is 11.0 Å². The highest BCUT2D eigenvalue weighted by atomic mass is 32.1. The molecular formula is C15H21N3OS. The van der Waals surface area contributed by atoms with Gasteiger partial charge in [0.1, 0.15) is 5.75 Å². The van der Waals surface area contributed by atoms with E-state index in [2.05, 4.69) is 22.8 Å². The Labute approximate surface area is 125 Å². The Morgan fingerprint density at radius 1 is 1.40 bits per heavy atom. The van der Waals surface area contributed by atoms with Crippen molar-refractivity contribution in [2.45, 2.75) is 32.6 Å². The van der Waals surface area contributed by atoms with Crippen molar-refractivity contribution in [3.63, 3.8) is 0 Å². The second-order valence-corrected chi connectivity index (χ2v) is 5.46. The summed E-state index contributed by atoms with van der Waals surface area (Å²) in [4.78, 5) is 0. The zero-order valence-electron chi connectivity index (χ0n) is 12.0. The first-order valence-electron chi connectivity index (χ1n) is 6.96. The first kappa shape index (κ1) is 14.8. The highest BCUT2D eigenvalue weighted by molar-refractivity contribution is 7.80. The van der Waals surface area contributed by atoms with Crippen molar-refractivity contribution in [2.24, 2.45) is 11.0 Å². The lowest BCUT2D eigenvalue weighted by Crippen LogP contribution is -2.27. The van der Waals surface area contributed by atoms with Gasteiger partial charge in [-0.05, 0) is 49.5 Å². The summed E-state index contributed by atoms with van der Waals surface area (Å²) >= 11 is 5.25. The number of anilines is 1. The number of thiocarbonyl (C=S) groups is 1. The molecule has 1 saturated carbocycles. The number of nitrogens with one attached hydrogen (secondary N) is 2. The van der Waals surface area contributed by atoms with Gasteiger partial charge >= 0.3 is 0 Å². The molecular weight excluding hydrogens is 270 g/mol. The van der Waals surface area contributed by atoms with Crippen LogP contribution in [0.15, 0.2) is 29.4 Å². The lowest BCUT2D eigenvalue weighted by Gasteiger charge is -2.20. The summed E-state index contributed by atoms with van der Waals surface area (Å²) in [5.41, 5.74) is 5.04. The van der Waals surface area contributed by atoms with E-state index in [-0.39, 0.29) is 0 Å². The Balaban J connectivity index is 1.90. The molecule has 0 radical (unpaired) electrons. The average Bonchev–Trinajstić information content (AvgIpc) is 2.46. The highest BCUT2D eigenvalue weighted by Crippen LogP contribution is 2.20. The molecule has 0 unspecified atom stereocenters. The largest absolute Gasteiger partial charge is 0.497 e. The van der Waals surface area contributed by atoms with E-state index in [0.717, 1.165) is 17.9 Å². The SMILES string of the molecule is COc1cccc(NC(=S)NN=C2CCCC[C@H]2C)c1. The number of rotatable bonds is 3.